The van der Waals surface area contributed by atoms with E-state index in [9.17, 15) is 9.18 Å². The van der Waals surface area contributed by atoms with Gasteiger partial charge in [-0.25, -0.2) is 9.37 Å². The maximum Gasteiger partial charge on any atom is 0.269 e. The fourth-order valence-electron chi connectivity index (χ4n) is 1.58. The topological polar surface area (TPSA) is 80.0 Å². The highest BCUT2D eigenvalue weighted by Crippen LogP contribution is 2.27. The first-order chi connectivity index (χ1) is 9.86. The molecule has 4 N–H and O–H groups in total. The maximum absolute atomic E-state index is 13.6. The number of nitrogens with two attached hydrogens (primary N) is 1. The summed E-state index contributed by atoms with van der Waals surface area (Å²) in [5.41, 5.74) is 5.82. The van der Waals surface area contributed by atoms with Crippen LogP contribution >= 0.6 is 27.3 Å². The number of carbonyl (C=O) groups is 1. The van der Waals surface area contributed by atoms with Crippen molar-refractivity contribution in [2.75, 3.05) is 16.4 Å². The lowest BCUT2D eigenvalue weighted by Crippen LogP contribution is -2.13. The van der Waals surface area contributed by atoms with E-state index in [1.54, 1.807) is 6.07 Å². The molecule has 1 aromatic heterocycles. The predicted octanol–water partition coefficient (Wildman–Crippen LogP) is 3.70. The number of benzene rings is 1. The SMILES string of the molecule is CC(C)Nc1nc(N)c(C(=O)Nc2cc(Br)ccc2F)s1. The smallest absolute Gasteiger partial charge is 0.269 e. The Hall–Kier alpha value is -1.67. The minimum atomic E-state index is -0.518. The monoisotopic (exact) mass is 372 g/mol. The third kappa shape index (κ3) is 3.92. The summed E-state index contributed by atoms with van der Waals surface area (Å²) in [7, 11) is 0. The van der Waals surface area contributed by atoms with Gasteiger partial charge in [0.1, 0.15) is 16.5 Å². The van der Waals surface area contributed by atoms with Crippen LogP contribution in [0.5, 0.6) is 0 Å². The minimum absolute atomic E-state index is 0.0838. The summed E-state index contributed by atoms with van der Waals surface area (Å²) < 4.78 is 14.3. The highest BCUT2D eigenvalue weighted by Gasteiger charge is 2.18. The molecule has 1 aromatic carbocycles. The molecular weight excluding hydrogens is 359 g/mol. The normalized spacial score (nSPS) is 10.7. The number of halogens is 2. The number of nitrogens with zero attached hydrogens (tertiary/aromatic N) is 1. The number of aromatic nitrogens is 1. The molecule has 1 heterocycles. The molecule has 2 rings (SSSR count). The van der Waals surface area contributed by atoms with E-state index in [0.717, 1.165) is 11.3 Å². The van der Waals surface area contributed by atoms with E-state index in [2.05, 4.69) is 31.5 Å². The molecule has 0 aliphatic heterocycles. The maximum atomic E-state index is 13.6. The van der Waals surface area contributed by atoms with Gasteiger partial charge in [0.2, 0.25) is 0 Å². The molecule has 0 atom stereocenters. The van der Waals surface area contributed by atoms with E-state index in [1.807, 2.05) is 13.8 Å². The summed E-state index contributed by atoms with van der Waals surface area (Å²) in [6.45, 7) is 3.91. The fraction of sp³-hybridized carbons (Fsp3) is 0.231. The predicted molar refractivity (Wildman–Crippen MR) is 87.3 cm³/mol. The number of anilines is 3. The molecule has 1 amide bonds. The van der Waals surface area contributed by atoms with Crippen LogP contribution in [0.4, 0.5) is 21.0 Å². The first kappa shape index (κ1) is 15.7. The van der Waals surface area contributed by atoms with Crippen molar-refractivity contribution >= 4 is 49.8 Å². The second-order valence-electron chi connectivity index (χ2n) is 4.61. The summed E-state index contributed by atoms with van der Waals surface area (Å²) in [4.78, 5) is 16.5. The number of nitrogens with one attached hydrogen (secondary N) is 2. The van der Waals surface area contributed by atoms with Crippen LogP contribution < -0.4 is 16.4 Å². The number of hydrogen-bond donors (Lipinski definition) is 3. The van der Waals surface area contributed by atoms with Crippen molar-refractivity contribution in [3.63, 3.8) is 0 Å². The van der Waals surface area contributed by atoms with Crippen molar-refractivity contribution in [2.45, 2.75) is 19.9 Å². The van der Waals surface area contributed by atoms with Crippen LogP contribution in [0.15, 0.2) is 22.7 Å². The van der Waals surface area contributed by atoms with Gasteiger partial charge in [-0.15, -0.1) is 0 Å². The van der Waals surface area contributed by atoms with Crippen molar-refractivity contribution in [3.8, 4) is 0 Å². The van der Waals surface area contributed by atoms with Crippen molar-refractivity contribution < 1.29 is 9.18 Å². The molecule has 2 aromatic rings. The van der Waals surface area contributed by atoms with Gasteiger partial charge >= 0.3 is 0 Å². The van der Waals surface area contributed by atoms with Crippen LogP contribution in [0, 0.1) is 5.82 Å². The van der Waals surface area contributed by atoms with Gasteiger partial charge in [0.05, 0.1) is 5.69 Å². The van der Waals surface area contributed by atoms with Crippen LogP contribution in [0.1, 0.15) is 23.5 Å². The van der Waals surface area contributed by atoms with Gasteiger partial charge in [-0.3, -0.25) is 4.79 Å². The first-order valence-electron chi connectivity index (χ1n) is 6.16. The van der Waals surface area contributed by atoms with E-state index in [1.165, 1.54) is 12.1 Å². The summed E-state index contributed by atoms with van der Waals surface area (Å²) in [6.07, 6.45) is 0. The van der Waals surface area contributed by atoms with Gasteiger partial charge in [0.15, 0.2) is 5.13 Å². The van der Waals surface area contributed by atoms with Gasteiger partial charge < -0.3 is 16.4 Å². The molecule has 21 heavy (non-hydrogen) atoms. The molecule has 0 radical (unpaired) electrons. The molecule has 0 saturated heterocycles. The molecule has 0 spiro atoms. The van der Waals surface area contributed by atoms with Crippen molar-refractivity contribution in [1.82, 2.24) is 4.98 Å². The van der Waals surface area contributed by atoms with Crippen molar-refractivity contribution in [3.05, 3.63) is 33.4 Å². The second-order valence-corrected chi connectivity index (χ2v) is 6.53. The number of nitrogen functional groups attached to an aromatic ring is 1. The van der Waals surface area contributed by atoms with E-state index in [-0.39, 0.29) is 22.4 Å². The Labute approximate surface area is 133 Å². The quantitative estimate of drug-likeness (QED) is 0.764. The van der Waals surface area contributed by atoms with Gasteiger partial charge in [-0.1, -0.05) is 27.3 Å². The summed E-state index contributed by atoms with van der Waals surface area (Å²) in [5.74, 6) is -0.884. The summed E-state index contributed by atoms with van der Waals surface area (Å²) in [5, 5.41) is 6.12. The average Bonchev–Trinajstić information content (AvgIpc) is 2.74. The van der Waals surface area contributed by atoms with Crippen molar-refractivity contribution in [1.29, 1.82) is 0 Å². The van der Waals surface area contributed by atoms with Gasteiger partial charge in [-0.2, -0.15) is 0 Å². The zero-order chi connectivity index (χ0) is 15.6. The number of thiazole rings is 1. The van der Waals surface area contributed by atoms with E-state index in [0.29, 0.717) is 9.60 Å². The van der Waals surface area contributed by atoms with Gasteiger partial charge in [-0.05, 0) is 32.0 Å². The van der Waals surface area contributed by atoms with Crippen LogP contribution in [0.2, 0.25) is 0 Å². The zero-order valence-corrected chi connectivity index (χ0v) is 13.8. The van der Waals surface area contributed by atoms with Crippen LogP contribution in [-0.4, -0.2) is 16.9 Å². The Morgan fingerprint density at radius 1 is 1.48 bits per heavy atom. The zero-order valence-electron chi connectivity index (χ0n) is 11.4. The molecule has 0 fully saturated rings. The molecule has 0 bridgehead atoms. The number of carbonyl (C=O) groups excluding carboxylic acids is 1. The Bertz CT molecular complexity index is 674. The van der Waals surface area contributed by atoms with E-state index >= 15 is 0 Å². The molecule has 112 valence electrons. The lowest BCUT2D eigenvalue weighted by Gasteiger charge is -2.06. The Kier molecular flexibility index (Phi) is 4.79. The number of rotatable bonds is 4. The van der Waals surface area contributed by atoms with E-state index in [4.69, 9.17) is 5.73 Å². The summed E-state index contributed by atoms with van der Waals surface area (Å²) >= 11 is 4.36. The van der Waals surface area contributed by atoms with Gasteiger partial charge in [0.25, 0.3) is 5.91 Å². The molecule has 0 unspecified atom stereocenters. The lowest BCUT2D eigenvalue weighted by molar-refractivity contribution is 0.103. The molecule has 0 saturated carbocycles. The molecular formula is C13H14BrFN4OS. The number of hydrogen-bond acceptors (Lipinski definition) is 5. The molecule has 5 nitrogen and oxygen atoms in total. The third-order valence-corrected chi connectivity index (χ3v) is 3.94. The molecule has 0 aliphatic carbocycles. The molecule has 0 aliphatic rings. The lowest BCUT2D eigenvalue weighted by atomic mass is 10.3. The Morgan fingerprint density at radius 2 is 2.19 bits per heavy atom. The average molecular weight is 373 g/mol. The van der Waals surface area contributed by atoms with E-state index < -0.39 is 11.7 Å². The Balaban J connectivity index is 2.20. The fourth-order valence-corrected chi connectivity index (χ4v) is 2.86. The largest absolute Gasteiger partial charge is 0.382 e. The minimum Gasteiger partial charge on any atom is -0.382 e. The summed E-state index contributed by atoms with van der Waals surface area (Å²) in [6, 6.07) is 4.48. The second kappa shape index (κ2) is 6.40. The first-order valence-corrected chi connectivity index (χ1v) is 7.77. The molecule has 8 heteroatoms. The number of amides is 1. The van der Waals surface area contributed by atoms with Crippen LogP contribution in [0.3, 0.4) is 0 Å². The Morgan fingerprint density at radius 3 is 2.86 bits per heavy atom. The van der Waals surface area contributed by atoms with Gasteiger partial charge in [0, 0.05) is 10.5 Å². The highest BCUT2D eigenvalue weighted by atomic mass is 79.9. The van der Waals surface area contributed by atoms with Crippen LogP contribution in [0.25, 0.3) is 0 Å². The highest BCUT2D eigenvalue weighted by molar-refractivity contribution is 9.10. The van der Waals surface area contributed by atoms with Crippen molar-refractivity contribution in [2.24, 2.45) is 0 Å². The standard InChI is InChI=1S/C13H14BrFN4OS/c1-6(2)17-13-19-11(16)10(21-13)12(20)18-9-5-7(14)3-4-8(9)15/h3-6H,16H2,1-2H3,(H,17,19)(H,18,20). The third-order valence-electron chi connectivity index (χ3n) is 2.45. The van der Waals surface area contributed by atoms with Crippen LogP contribution in [-0.2, 0) is 0 Å².